The molecule has 0 aromatic heterocycles. The summed E-state index contributed by atoms with van der Waals surface area (Å²) in [6, 6.07) is 5.79. The Kier molecular flexibility index (Phi) is 5.97. The zero-order chi connectivity index (χ0) is 16.1. The molecule has 1 aromatic rings. The van der Waals surface area contributed by atoms with Gasteiger partial charge in [-0.3, -0.25) is 4.79 Å². The van der Waals surface area contributed by atoms with Gasteiger partial charge in [-0.05, 0) is 12.1 Å². The average Bonchev–Trinajstić information content (AvgIpc) is 2.87. The van der Waals surface area contributed by atoms with Gasteiger partial charge in [0.05, 0.1) is 40.6 Å². The average molecular weight is 325 g/mol. The van der Waals surface area contributed by atoms with Crippen LogP contribution in [-0.4, -0.2) is 58.0 Å². The van der Waals surface area contributed by atoms with Crippen LogP contribution >= 0.6 is 11.8 Å². The highest BCUT2D eigenvalue weighted by molar-refractivity contribution is 8.00. The lowest BCUT2D eigenvalue weighted by atomic mass is 10.1. The molecular weight excluding hydrogens is 300 g/mol. The molecule has 0 spiro atoms. The molecule has 0 aliphatic carbocycles. The minimum Gasteiger partial charge on any atom is -0.497 e. The lowest BCUT2D eigenvalue weighted by molar-refractivity contribution is -0.858. The van der Waals surface area contributed by atoms with E-state index in [1.165, 1.54) is 4.90 Å². The second-order valence-corrected chi connectivity index (χ2v) is 6.74. The maximum absolute atomic E-state index is 12.2. The molecule has 1 aliphatic rings. The third-order valence-electron chi connectivity index (χ3n) is 3.75. The Bertz CT molecular complexity index is 522. The molecule has 1 atom stereocenters. The lowest BCUT2D eigenvalue weighted by Gasteiger charge is -2.25. The van der Waals surface area contributed by atoms with Crippen molar-refractivity contribution in [2.75, 3.05) is 47.2 Å². The predicted octanol–water partition coefficient (Wildman–Crippen LogP) is 0.812. The fourth-order valence-corrected chi connectivity index (χ4v) is 3.82. The number of rotatable bonds is 7. The van der Waals surface area contributed by atoms with Gasteiger partial charge < -0.3 is 19.3 Å². The van der Waals surface area contributed by atoms with Crippen LogP contribution < -0.4 is 14.4 Å². The summed E-state index contributed by atoms with van der Waals surface area (Å²) >= 11 is 1.66. The van der Waals surface area contributed by atoms with Gasteiger partial charge in [-0.25, -0.2) is 0 Å². The molecule has 0 saturated carbocycles. The molecule has 0 radical (unpaired) electrons. The number of hydrogen-bond acceptors (Lipinski definition) is 4. The number of nitrogens with one attached hydrogen (secondary N) is 1. The van der Waals surface area contributed by atoms with E-state index in [9.17, 15) is 4.79 Å². The fraction of sp³-hybridized carbons (Fsp3) is 0.562. The molecule has 5 nitrogen and oxygen atoms in total. The van der Waals surface area contributed by atoms with Crippen LogP contribution in [0, 0.1) is 0 Å². The number of ether oxygens (including phenoxy) is 2. The van der Waals surface area contributed by atoms with Crippen molar-refractivity contribution in [3.63, 3.8) is 0 Å². The molecule has 1 heterocycles. The molecule has 0 unspecified atom stereocenters. The van der Waals surface area contributed by atoms with Crippen LogP contribution in [0.1, 0.15) is 17.4 Å². The van der Waals surface area contributed by atoms with Gasteiger partial charge in [0, 0.05) is 24.6 Å². The van der Waals surface area contributed by atoms with E-state index in [1.807, 2.05) is 23.1 Å². The van der Waals surface area contributed by atoms with E-state index in [1.54, 1.807) is 26.0 Å². The van der Waals surface area contributed by atoms with Crippen molar-refractivity contribution in [3.8, 4) is 11.5 Å². The van der Waals surface area contributed by atoms with Gasteiger partial charge in [-0.2, -0.15) is 0 Å². The second kappa shape index (κ2) is 7.74. The zero-order valence-electron chi connectivity index (χ0n) is 13.7. The van der Waals surface area contributed by atoms with Crippen LogP contribution in [-0.2, 0) is 4.79 Å². The number of quaternary nitrogens is 1. The van der Waals surface area contributed by atoms with E-state index in [0.29, 0.717) is 5.75 Å². The molecular formula is C16H25N2O3S+. The van der Waals surface area contributed by atoms with Crippen molar-refractivity contribution in [1.82, 2.24) is 4.90 Å². The van der Waals surface area contributed by atoms with Gasteiger partial charge >= 0.3 is 0 Å². The molecule has 22 heavy (non-hydrogen) atoms. The Hall–Kier alpha value is -1.40. The monoisotopic (exact) mass is 325 g/mol. The van der Waals surface area contributed by atoms with Crippen LogP contribution in [0.4, 0.5) is 0 Å². The van der Waals surface area contributed by atoms with Crippen LogP contribution in [0.3, 0.4) is 0 Å². The normalized spacial score (nSPS) is 18.1. The van der Waals surface area contributed by atoms with Gasteiger partial charge in [0.15, 0.2) is 0 Å². The van der Waals surface area contributed by atoms with Crippen LogP contribution in [0.25, 0.3) is 0 Å². The Balaban J connectivity index is 2.17. The highest BCUT2D eigenvalue weighted by Crippen LogP contribution is 2.43. The van der Waals surface area contributed by atoms with E-state index in [4.69, 9.17) is 9.47 Å². The summed E-state index contributed by atoms with van der Waals surface area (Å²) in [5.74, 6) is 2.28. The second-order valence-electron chi connectivity index (χ2n) is 5.67. The fourth-order valence-electron chi connectivity index (χ4n) is 2.58. The zero-order valence-corrected chi connectivity index (χ0v) is 14.5. The van der Waals surface area contributed by atoms with Gasteiger partial charge in [-0.15, -0.1) is 11.8 Å². The molecule has 1 amide bonds. The first-order valence-electron chi connectivity index (χ1n) is 7.49. The first-order chi connectivity index (χ1) is 10.6. The first kappa shape index (κ1) is 17.0. The Morgan fingerprint density at radius 3 is 2.73 bits per heavy atom. The summed E-state index contributed by atoms with van der Waals surface area (Å²) in [5, 5.41) is 0.0329. The highest BCUT2D eigenvalue weighted by atomic mass is 32.2. The highest BCUT2D eigenvalue weighted by Gasteiger charge is 2.34. The Morgan fingerprint density at radius 2 is 2.09 bits per heavy atom. The number of hydrogen-bond donors (Lipinski definition) is 1. The summed E-state index contributed by atoms with van der Waals surface area (Å²) < 4.78 is 10.7. The van der Waals surface area contributed by atoms with Crippen molar-refractivity contribution in [1.29, 1.82) is 0 Å². The van der Waals surface area contributed by atoms with Crippen LogP contribution in [0.2, 0.25) is 0 Å². The molecule has 0 bridgehead atoms. The molecule has 1 fully saturated rings. The lowest BCUT2D eigenvalue weighted by Crippen LogP contribution is -3.05. The van der Waals surface area contributed by atoms with Gasteiger partial charge in [0.2, 0.25) is 5.91 Å². The number of benzene rings is 1. The van der Waals surface area contributed by atoms with E-state index < -0.39 is 0 Å². The van der Waals surface area contributed by atoms with Crippen molar-refractivity contribution in [2.24, 2.45) is 0 Å². The molecule has 6 heteroatoms. The van der Waals surface area contributed by atoms with Gasteiger partial charge in [0.25, 0.3) is 0 Å². The summed E-state index contributed by atoms with van der Waals surface area (Å²) in [6.07, 6.45) is 1.00. The summed E-state index contributed by atoms with van der Waals surface area (Å²) in [6.45, 7) is 1.85. The first-order valence-corrected chi connectivity index (χ1v) is 8.53. The van der Waals surface area contributed by atoms with Gasteiger partial charge in [0.1, 0.15) is 16.9 Å². The van der Waals surface area contributed by atoms with Crippen molar-refractivity contribution < 1.29 is 19.2 Å². The van der Waals surface area contributed by atoms with Crippen molar-refractivity contribution >= 4 is 17.7 Å². The summed E-state index contributed by atoms with van der Waals surface area (Å²) in [4.78, 5) is 15.6. The quantitative estimate of drug-likeness (QED) is 0.806. The number of amides is 1. The number of carbonyl (C=O) groups excluding carboxylic acids is 1. The molecule has 2 rings (SSSR count). The van der Waals surface area contributed by atoms with Crippen molar-refractivity contribution in [2.45, 2.75) is 11.8 Å². The standard InChI is InChI=1S/C16H24N2O3S/c1-17(2)8-5-9-18-15(19)11-22-16(18)13-7-6-12(20-3)10-14(13)21-4/h6-7,10,16H,5,8-9,11H2,1-4H3/p+1/t16-/m1/s1. The number of methoxy groups -OCH3 is 2. The number of thioether (sulfide) groups is 1. The predicted molar refractivity (Wildman–Crippen MR) is 88.8 cm³/mol. The Labute approximate surface area is 136 Å². The Morgan fingerprint density at radius 1 is 1.32 bits per heavy atom. The maximum Gasteiger partial charge on any atom is 0.233 e. The third-order valence-corrected chi connectivity index (χ3v) is 4.99. The van der Waals surface area contributed by atoms with E-state index in [0.717, 1.165) is 36.6 Å². The summed E-state index contributed by atoms with van der Waals surface area (Å²) in [7, 11) is 7.55. The van der Waals surface area contributed by atoms with Gasteiger partial charge in [-0.1, -0.05) is 0 Å². The SMILES string of the molecule is COc1ccc([C@H]2SCC(=O)N2CCC[NH+](C)C)c(OC)c1. The van der Waals surface area contributed by atoms with Crippen LogP contribution in [0.15, 0.2) is 18.2 Å². The third kappa shape index (κ3) is 3.87. The van der Waals surface area contributed by atoms with E-state index in [2.05, 4.69) is 14.1 Å². The van der Waals surface area contributed by atoms with E-state index >= 15 is 0 Å². The van der Waals surface area contributed by atoms with Crippen molar-refractivity contribution in [3.05, 3.63) is 23.8 Å². The topological polar surface area (TPSA) is 43.2 Å². The number of carbonyl (C=O) groups is 1. The molecule has 1 saturated heterocycles. The molecule has 1 aromatic carbocycles. The summed E-state index contributed by atoms with van der Waals surface area (Å²) in [5.41, 5.74) is 1.04. The molecule has 122 valence electrons. The molecule has 1 N–H and O–H groups in total. The number of nitrogens with zero attached hydrogens (tertiary/aromatic N) is 1. The minimum atomic E-state index is 0.0329. The van der Waals surface area contributed by atoms with Crippen LogP contribution in [0.5, 0.6) is 11.5 Å². The smallest absolute Gasteiger partial charge is 0.233 e. The minimum absolute atomic E-state index is 0.0329. The maximum atomic E-state index is 12.2. The largest absolute Gasteiger partial charge is 0.497 e. The molecule has 1 aliphatic heterocycles. The van der Waals surface area contributed by atoms with E-state index in [-0.39, 0.29) is 11.3 Å².